The van der Waals surface area contributed by atoms with Gasteiger partial charge in [0.05, 0.1) is 12.8 Å². The zero-order chi connectivity index (χ0) is 20.2. The molecule has 2 rings (SSSR count). The summed E-state index contributed by atoms with van der Waals surface area (Å²) in [6, 6.07) is 6.25. The normalized spacial score (nSPS) is 11.5. The van der Waals surface area contributed by atoms with Crippen molar-refractivity contribution in [2.45, 2.75) is 33.2 Å². The maximum Gasteiger partial charge on any atom is 0.191 e. The van der Waals surface area contributed by atoms with Crippen molar-refractivity contribution in [2.75, 3.05) is 33.4 Å². The Bertz CT molecular complexity index is 742. The van der Waals surface area contributed by atoms with Crippen LogP contribution in [0.3, 0.4) is 0 Å². The van der Waals surface area contributed by atoms with Crippen molar-refractivity contribution in [1.82, 2.24) is 20.4 Å². The summed E-state index contributed by atoms with van der Waals surface area (Å²) in [6.07, 6.45) is 5.98. The molecule has 0 aliphatic heterocycles. The lowest BCUT2D eigenvalue weighted by Gasteiger charge is -2.15. The SMILES string of the molecule is CCOCCOc1cc(C)ccc1CNC(=NC)NCCCc1cnn(C)c1. The highest BCUT2D eigenvalue weighted by Gasteiger charge is 2.06. The number of benzene rings is 1. The van der Waals surface area contributed by atoms with E-state index in [1.54, 1.807) is 7.05 Å². The molecule has 154 valence electrons. The summed E-state index contributed by atoms with van der Waals surface area (Å²) in [4.78, 5) is 4.30. The fourth-order valence-electron chi connectivity index (χ4n) is 2.80. The molecule has 0 fully saturated rings. The molecular formula is C21H33N5O2. The van der Waals surface area contributed by atoms with Crippen molar-refractivity contribution in [3.8, 4) is 5.75 Å². The second-order valence-electron chi connectivity index (χ2n) is 6.63. The first-order chi connectivity index (χ1) is 13.6. The fourth-order valence-corrected chi connectivity index (χ4v) is 2.80. The molecule has 0 unspecified atom stereocenters. The molecule has 1 heterocycles. The molecule has 2 aromatic rings. The second kappa shape index (κ2) is 12.0. The van der Waals surface area contributed by atoms with Crippen LogP contribution in [0.4, 0.5) is 0 Å². The van der Waals surface area contributed by atoms with E-state index in [1.165, 1.54) is 11.1 Å². The summed E-state index contributed by atoms with van der Waals surface area (Å²) in [5.41, 5.74) is 3.52. The van der Waals surface area contributed by atoms with Crippen LogP contribution in [0.5, 0.6) is 5.75 Å². The van der Waals surface area contributed by atoms with E-state index >= 15 is 0 Å². The van der Waals surface area contributed by atoms with E-state index in [4.69, 9.17) is 9.47 Å². The predicted molar refractivity (Wildman–Crippen MR) is 113 cm³/mol. The van der Waals surface area contributed by atoms with Crippen LogP contribution in [0.25, 0.3) is 0 Å². The van der Waals surface area contributed by atoms with Crippen LogP contribution >= 0.6 is 0 Å². The van der Waals surface area contributed by atoms with E-state index in [-0.39, 0.29) is 0 Å². The molecule has 1 aromatic carbocycles. The molecule has 2 N–H and O–H groups in total. The van der Waals surface area contributed by atoms with Gasteiger partial charge in [-0.2, -0.15) is 5.10 Å². The summed E-state index contributed by atoms with van der Waals surface area (Å²) in [5.74, 6) is 1.67. The van der Waals surface area contributed by atoms with E-state index in [0.717, 1.165) is 36.7 Å². The summed E-state index contributed by atoms with van der Waals surface area (Å²) in [6.45, 7) is 7.39. The van der Waals surface area contributed by atoms with Crippen LogP contribution in [-0.4, -0.2) is 49.2 Å². The predicted octanol–water partition coefficient (Wildman–Crippen LogP) is 2.44. The van der Waals surface area contributed by atoms with Crippen molar-refractivity contribution >= 4 is 5.96 Å². The van der Waals surface area contributed by atoms with Crippen molar-refractivity contribution < 1.29 is 9.47 Å². The zero-order valence-electron chi connectivity index (χ0n) is 17.5. The van der Waals surface area contributed by atoms with Gasteiger partial charge < -0.3 is 20.1 Å². The molecule has 0 saturated carbocycles. The third-order valence-corrected chi connectivity index (χ3v) is 4.27. The van der Waals surface area contributed by atoms with E-state index in [1.807, 2.05) is 24.9 Å². The Morgan fingerprint density at radius 1 is 1.25 bits per heavy atom. The van der Waals surface area contributed by atoms with E-state index in [2.05, 4.69) is 52.0 Å². The summed E-state index contributed by atoms with van der Waals surface area (Å²) in [5, 5.41) is 10.9. The van der Waals surface area contributed by atoms with Crippen molar-refractivity contribution in [3.05, 3.63) is 47.3 Å². The number of nitrogens with zero attached hydrogens (tertiary/aromatic N) is 3. The number of hydrogen-bond acceptors (Lipinski definition) is 4. The third-order valence-electron chi connectivity index (χ3n) is 4.27. The molecule has 7 nitrogen and oxygen atoms in total. The fraction of sp³-hybridized carbons (Fsp3) is 0.524. The maximum atomic E-state index is 5.90. The minimum Gasteiger partial charge on any atom is -0.491 e. The average molecular weight is 388 g/mol. The molecule has 1 aromatic heterocycles. The number of rotatable bonds is 11. The topological polar surface area (TPSA) is 72.7 Å². The number of aryl methyl sites for hydroxylation is 3. The zero-order valence-corrected chi connectivity index (χ0v) is 17.5. The summed E-state index contributed by atoms with van der Waals surface area (Å²) >= 11 is 0. The molecule has 0 atom stereocenters. The lowest BCUT2D eigenvalue weighted by molar-refractivity contribution is 0.110. The molecule has 0 saturated heterocycles. The van der Waals surface area contributed by atoms with Gasteiger partial charge in [-0.05, 0) is 43.9 Å². The van der Waals surface area contributed by atoms with Crippen LogP contribution in [0.2, 0.25) is 0 Å². The molecule has 0 aliphatic carbocycles. The van der Waals surface area contributed by atoms with Crippen molar-refractivity contribution in [2.24, 2.45) is 12.0 Å². The van der Waals surface area contributed by atoms with E-state index in [9.17, 15) is 0 Å². The maximum absolute atomic E-state index is 5.90. The van der Waals surface area contributed by atoms with Gasteiger partial charge in [-0.25, -0.2) is 0 Å². The minimum absolute atomic E-state index is 0.547. The summed E-state index contributed by atoms with van der Waals surface area (Å²) in [7, 11) is 3.72. The first kappa shape index (κ1) is 21.8. The first-order valence-electron chi connectivity index (χ1n) is 9.84. The molecule has 28 heavy (non-hydrogen) atoms. The van der Waals surface area contributed by atoms with Gasteiger partial charge in [0.2, 0.25) is 0 Å². The Labute approximate surface area is 168 Å². The monoisotopic (exact) mass is 387 g/mol. The van der Waals surface area contributed by atoms with E-state index < -0.39 is 0 Å². The molecule has 0 bridgehead atoms. The largest absolute Gasteiger partial charge is 0.491 e. The molecule has 0 radical (unpaired) electrons. The Hall–Kier alpha value is -2.54. The molecule has 0 aliphatic rings. The van der Waals surface area contributed by atoms with Crippen molar-refractivity contribution in [1.29, 1.82) is 0 Å². The van der Waals surface area contributed by atoms with Crippen LogP contribution < -0.4 is 15.4 Å². The van der Waals surface area contributed by atoms with Gasteiger partial charge >= 0.3 is 0 Å². The number of nitrogens with one attached hydrogen (secondary N) is 2. The second-order valence-corrected chi connectivity index (χ2v) is 6.63. The highest BCUT2D eigenvalue weighted by molar-refractivity contribution is 5.79. The van der Waals surface area contributed by atoms with Gasteiger partial charge in [-0.1, -0.05) is 12.1 Å². The number of aliphatic imine (C=N–C) groups is 1. The van der Waals surface area contributed by atoms with Crippen LogP contribution in [0, 0.1) is 6.92 Å². The van der Waals surface area contributed by atoms with Gasteiger partial charge in [-0.3, -0.25) is 9.67 Å². The number of aromatic nitrogens is 2. The minimum atomic E-state index is 0.547. The highest BCUT2D eigenvalue weighted by atomic mass is 16.5. The van der Waals surface area contributed by atoms with Gasteiger partial charge in [0.25, 0.3) is 0 Å². The molecular weight excluding hydrogens is 354 g/mol. The lowest BCUT2D eigenvalue weighted by Crippen LogP contribution is -2.37. The highest BCUT2D eigenvalue weighted by Crippen LogP contribution is 2.20. The van der Waals surface area contributed by atoms with Gasteiger partial charge in [0.15, 0.2) is 5.96 Å². The van der Waals surface area contributed by atoms with E-state index in [0.29, 0.717) is 26.4 Å². The van der Waals surface area contributed by atoms with Gasteiger partial charge in [0.1, 0.15) is 12.4 Å². The number of hydrogen-bond donors (Lipinski definition) is 2. The third kappa shape index (κ3) is 7.60. The van der Waals surface area contributed by atoms with Crippen molar-refractivity contribution in [3.63, 3.8) is 0 Å². The first-order valence-corrected chi connectivity index (χ1v) is 9.84. The Balaban J connectivity index is 1.78. The smallest absolute Gasteiger partial charge is 0.191 e. The van der Waals surface area contributed by atoms with Gasteiger partial charge in [-0.15, -0.1) is 0 Å². The van der Waals surface area contributed by atoms with Gasteiger partial charge in [0, 0.05) is 45.6 Å². The Morgan fingerprint density at radius 3 is 2.82 bits per heavy atom. The van der Waals surface area contributed by atoms with Crippen LogP contribution in [-0.2, 0) is 24.8 Å². The Morgan fingerprint density at radius 2 is 2.11 bits per heavy atom. The molecule has 0 spiro atoms. The molecule has 7 heteroatoms. The quantitative estimate of drug-likeness (QED) is 0.352. The lowest BCUT2D eigenvalue weighted by atomic mass is 10.1. The number of guanidine groups is 1. The standard InChI is InChI=1S/C21H33N5O2/c1-5-27-11-12-28-20-13-17(2)8-9-19(20)15-24-21(22-3)23-10-6-7-18-14-25-26(4)16-18/h8-9,13-14,16H,5-7,10-12,15H2,1-4H3,(H2,22,23,24). The van der Waals surface area contributed by atoms with Crippen LogP contribution in [0.15, 0.2) is 35.6 Å². The summed E-state index contributed by atoms with van der Waals surface area (Å²) < 4.78 is 13.1. The Kier molecular flexibility index (Phi) is 9.34. The average Bonchev–Trinajstić information content (AvgIpc) is 3.11. The number of ether oxygens (including phenoxy) is 2. The van der Waals surface area contributed by atoms with Crippen LogP contribution in [0.1, 0.15) is 30.0 Å². The molecule has 0 amide bonds.